The Balaban J connectivity index is 2.48. The molecule has 0 fully saturated rings. The van der Waals surface area contributed by atoms with E-state index < -0.39 is 17.2 Å². The molecule has 1 heterocycles. The van der Waals surface area contributed by atoms with Crippen LogP contribution in [0.1, 0.15) is 11.8 Å². The number of carbonyl (C=O) groups is 1. The van der Waals surface area contributed by atoms with Crippen LogP contribution in [0.5, 0.6) is 0 Å². The predicted octanol–water partition coefficient (Wildman–Crippen LogP) is 1.52. The minimum absolute atomic E-state index is 0.358. The predicted molar refractivity (Wildman–Crippen MR) is 46.3 cm³/mol. The summed E-state index contributed by atoms with van der Waals surface area (Å²) < 4.78 is 4.53. The second kappa shape index (κ2) is 2.99. The molecule has 0 saturated carbocycles. The first-order chi connectivity index (χ1) is 6.68. The molecular formula is C8H6N2O4. The van der Waals surface area contributed by atoms with Gasteiger partial charge < -0.3 is 4.74 Å². The number of hydrogen-bond donors (Lipinski definition) is 1. The molecule has 1 aliphatic heterocycles. The van der Waals surface area contributed by atoms with Crippen molar-refractivity contribution in [3.8, 4) is 0 Å². The van der Waals surface area contributed by atoms with Gasteiger partial charge in [-0.25, -0.2) is 4.79 Å². The molecule has 6 heteroatoms. The Labute approximate surface area is 78.6 Å². The Morgan fingerprint density at radius 1 is 1.43 bits per heavy atom. The van der Waals surface area contributed by atoms with Gasteiger partial charge in [0.05, 0.1) is 16.2 Å². The maximum Gasteiger partial charge on any atom is 0.417 e. The number of fused-ring (bicyclic) bond motifs is 1. The van der Waals surface area contributed by atoms with Gasteiger partial charge in [0.1, 0.15) is 0 Å². The third kappa shape index (κ3) is 1.26. The highest BCUT2D eigenvalue weighted by atomic mass is 16.7. The summed E-state index contributed by atoms with van der Waals surface area (Å²) in [5.74, 6) is 0. The minimum atomic E-state index is -1.40. The molecule has 0 spiro atoms. The molecule has 1 unspecified atom stereocenters. The van der Waals surface area contributed by atoms with Crippen LogP contribution in [0.25, 0.3) is 0 Å². The molecule has 1 aromatic carbocycles. The average Bonchev–Trinajstić information content (AvgIpc) is 2.16. The van der Waals surface area contributed by atoms with Crippen molar-refractivity contribution in [2.45, 2.75) is 6.23 Å². The Bertz CT molecular complexity index is 404. The van der Waals surface area contributed by atoms with E-state index in [1.807, 2.05) is 0 Å². The van der Waals surface area contributed by atoms with E-state index in [0.717, 1.165) is 0 Å². The van der Waals surface area contributed by atoms with Gasteiger partial charge in [0.15, 0.2) is 0 Å². The molecule has 0 bridgehead atoms. The van der Waals surface area contributed by atoms with Crippen molar-refractivity contribution >= 4 is 11.8 Å². The summed E-state index contributed by atoms with van der Waals surface area (Å²) in [5, 5.41) is 12.9. The SMILES string of the molecule is O=C1Nc2ccccc2C([N+](=O)[O-])O1. The van der Waals surface area contributed by atoms with Crippen LogP contribution < -0.4 is 5.32 Å². The molecule has 1 aliphatic rings. The van der Waals surface area contributed by atoms with E-state index in [2.05, 4.69) is 10.1 Å². The molecule has 2 rings (SSSR count). The third-order valence-corrected chi connectivity index (χ3v) is 1.87. The van der Waals surface area contributed by atoms with Crippen LogP contribution in [0, 0.1) is 10.1 Å². The largest absolute Gasteiger partial charge is 0.417 e. The second-order valence-electron chi connectivity index (χ2n) is 2.76. The summed E-state index contributed by atoms with van der Waals surface area (Å²) in [6.07, 6.45) is -2.20. The highest BCUT2D eigenvalue weighted by Crippen LogP contribution is 2.30. The molecule has 1 amide bonds. The molecule has 0 radical (unpaired) electrons. The van der Waals surface area contributed by atoms with Gasteiger partial charge >= 0.3 is 12.3 Å². The first-order valence-electron chi connectivity index (χ1n) is 3.88. The van der Waals surface area contributed by atoms with E-state index in [-0.39, 0.29) is 0 Å². The molecule has 6 nitrogen and oxygen atoms in total. The molecule has 0 saturated heterocycles. The minimum Gasteiger partial charge on any atom is -0.377 e. The van der Waals surface area contributed by atoms with E-state index in [9.17, 15) is 14.9 Å². The van der Waals surface area contributed by atoms with Crippen molar-refractivity contribution in [1.29, 1.82) is 0 Å². The lowest BCUT2D eigenvalue weighted by Gasteiger charge is -2.19. The number of nitrogens with zero attached hydrogens (tertiary/aromatic N) is 1. The van der Waals surface area contributed by atoms with Gasteiger partial charge in [-0.2, -0.15) is 0 Å². The van der Waals surface area contributed by atoms with Gasteiger partial charge in [-0.05, 0) is 12.1 Å². The van der Waals surface area contributed by atoms with E-state index in [1.165, 1.54) is 0 Å². The van der Waals surface area contributed by atoms with Crippen LogP contribution in [0.3, 0.4) is 0 Å². The number of anilines is 1. The van der Waals surface area contributed by atoms with Crippen LogP contribution >= 0.6 is 0 Å². The van der Waals surface area contributed by atoms with Crippen LogP contribution in [0.15, 0.2) is 24.3 Å². The van der Waals surface area contributed by atoms with Crippen molar-refractivity contribution in [2.24, 2.45) is 0 Å². The quantitative estimate of drug-likeness (QED) is 0.542. The lowest BCUT2D eigenvalue weighted by molar-refractivity contribution is -0.575. The number of rotatable bonds is 1. The Hall–Kier alpha value is -2.11. The van der Waals surface area contributed by atoms with Crippen molar-refractivity contribution in [1.82, 2.24) is 0 Å². The van der Waals surface area contributed by atoms with E-state index in [1.54, 1.807) is 24.3 Å². The number of carbonyl (C=O) groups excluding carboxylic acids is 1. The van der Waals surface area contributed by atoms with Gasteiger partial charge in [0, 0.05) is 0 Å². The normalized spacial score (nSPS) is 19.1. The van der Waals surface area contributed by atoms with Crippen LogP contribution in [-0.2, 0) is 4.74 Å². The number of cyclic esters (lactones) is 1. The number of hydrogen-bond acceptors (Lipinski definition) is 4. The molecule has 1 N–H and O–H groups in total. The average molecular weight is 194 g/mol. The number of benzene rings is 1. The second-order valence-corrected chi connectivity index (χ2v) is 2.76. The van der Waals surface area contributed by atoms with Gasteiger partial charge in [-0.1, -0.05) is 12.1 Å². The molecule has 0 aliphatic carbocycles. The van der Waals surface area contributed by atoms with E-state index in [0.29, 0.717) is 11.3 Å². The summed E-state index contributed by atoms with van der Waals surface area (Å²) in [6, 6.07) is 6.46. The van der Waals surface area contributed by atoms with E-state index in [4.69, 9.17) is 0 Å². The van der Waals surface area contributed by atoms with Crippen molar-refractivity contribution in [2.75, 3.05) is 5.32 Å². The van der Waals surface area contributed by atoms with Crippen molar-refractivity contribution < 1.29 is 14.5 Å². The summed E-state index contributed by atoms with van der Waals surface area (Å²) in [6.45, 7) is 0. The fraction of sp³-hybridized carbons (Fsp3) is 0.125. The zero-order valence-corrected chi connectivity index (χ0v) is 6.97. The number of para-hydroxylation sites is 1. The first-order valence-corrected chi connectivity index (χ1v) is 3.88. The van der Waals surface area contributed by atoms with Gasteiger partial charge in [0.25, 0.3) is 0 Å². The molecule has 1 aromatic rings. The van der Waals surface area contributed by atoms with Crippen molar-refractivity contribution in [3.63, 3.8) is 0 Å². The van der Waals surface area contributed by atoms with Gasteiger partial charge in [-0.15, -0.1) is 0 Å². The highest BCUT2D eigenvalue weighted by molar-refractivity contribution is 5.87. The number of nitrogens with one attached hydrogen (secondary N) is 1. The summed E-state index contributed by atoms with van der Waals surface area (Å²) >= 11 is 0. The van der Waals surface area contributed by atoms with Crippen LogP contribution in [0.2, 0.25) is 0 Å². The Kier molecular flexibility index (Phi) is 1.81. The Morgan fingerprint density at radius 3 is 2.86 bits per heavy atom. The van der Waals surface area contributed by atoms with Crippen LogP contribution in [-0.4, -0.2) is 11.0 Å². The maximum atomic E-state index is 10.9. The lowest BCUT2D eigenvalue weighted by Crippen LogP contribution is -2.28. The summed E-state index contributed by atoms with van der Waals surface area (Å²) in [5.41, 5.74) is 0.780. The van der Waals surface area contributed by atoms with Gasteiger partial charge in [-0.3, -0.25) is 15.4 Å². The lowest BCUT2D eigenvalue weighted by atomic mass is 10.1. The summed E-state index contributed by atoms with van der Waals surface area (Å²) in [7, 11) is 0. The molecule has 0 aromatic heterocycles. The number of nitro groups is 1. The molecule has 72 valence electrons. The molecular weight excluding hydrogens is 188 g/mol. The number of ether oxygens (including phenoxy) is 1. The first kappa shape index (κ1) is 8.49. The van der Waals surface area contributed by atoms with Crippen LogP contribution in [0.4, 0.5) is 10.5 Å². The standard InChI is InChI=1S/C8H6N2O4/c11-8-9-6-4-2-1-3-5(6)7(14-8)10(12)13/h1-4,7H,(H,9,11). The zero-order chi connectivity index (χ0) is 10.1. The highest BCUT2D eigenvalue weighted by Gasteiger charge is 2.34. The van der Waals surface area contributed by atoms with E-state index >= 15 is 0 Å². The monoisotopic (exact) mass is 194 g/mol. The maximum absolute atomic E-state index is 10.9. The topological polar surface area (TPSA) is 81.5 Å². The van der Waals surface area contributed by atoms with Crippen molar-refractivity contribution in [3.05, 3.63) is 39.9 Å². The zero-order valence-electron chi connectivity index (χ0n) is 6.97. The molecule has 1 atom stereocenters. The smallest absolute Gasteiger partial charge is 0.377 e. The summed E-state index contributed by atoms with van der Waals surface area (Å²) in [4.78, 5) is 20.8. The Morgan fingerprint density at radius 2 is 2.14 bits per heavy atom. The molecule has 14 heavy (non-hydrogen) atoms. The fourth-order valence-electron chi connectivity index (χ4n) is 1.29. The van der Waals surface area contributed by atoms with Gasteiger partial charge in [0.2, 0.25) is 0 Å². The number of amides is 1. The third-order valence-electron chi connectivity index (χ3n) is 1.87. The fourth-order valence-corrected chi connectivity index (χ4v) is 1.29.